The Balaban J connectivity index is 1.51. The first-order valence-corrected chi connectivity index (χ1v) is 9.28. The highest BCUT2D eigenvalue weighted by atomic mass is 35.5. The molecule has 0 N–H and O–H groups in total. The van der Waals surface area contributed by atoms with E-state index in [1.807, 2.05) is 47.4 Å². The molecule has 0 radical (unpaired) electrons. The van der Waals surface area contributed by atoms with E-state index in [9.17, 15) is 4.79 Å². The molecule has 26 heavy (non-hydrogen) atoms. The second-order valence-corrected chi connectivity index (χ2v) is 7.57. The molecule has 2 atom stereocenters. The number of nitrogens with zero attached hydrogens (tertiary/aromatic N) is 4. The fraction of sp³-hybridized carbons (Fsp3) is 0.300. The minimum atomic E-state index is 0.365. The van der Waals surface area contributed by atoms with Crippen LogP contribution in [0.1, 0.15) is 12.1 Å². The van der Waals surface area contributed by atoms with E-state index in [2.05, 4.69) is 15.5 Å². The molecule has 0 spiro atoms. The molecule has 0 aliphatic carbocycles. The van der Waals surface area contributed by atoms with Gasteiger partial charge in [0, 0.05) is 48.5 Å². The summed E-state index contributed by atoms with van der Waals surface area (Å²) in [6, 6.07) is 14.7. The van der Waals surface area contributed by atoms with Crippen molar-refractivity contribution in [2.75, 3.05) is 13.1 Å². The van der Waals surface area contributed by atoms with Crippen LogP contribution in [0, 0.1) is 0 Å². The van der Waals surface area contributed by atoms with Crippen molar-refractivity contribution >= 4 is 23.7 Å². The number of piperazine rings is 1. The van der Waals surface area contributed by atoms with Crippen LogP contribution in [0.15, 0.2) is 48.7 Å². The van der Waals surface area contributed by atoms with Crippen LogP contribution in [0.3, 0.4) is 0 Å². The zero-order valence-corrected chi connectivity index (χ0v) is 15.0. The molecule has 3 aliphatic rings. The number of carbonyl (C=O) groups is 1. The lowest BCUT2D eigenvalue weighted by Crippen LogP contribution is -2.67. The van der Waals surface area contributed by atoms with Crippen LogP contribution in [0.5, 0.6) is 0 Å². The maximum Gasteiger partial charge on any atom is 0.210 e. The molecule has 1 amide bonds. The van der Waals surface area contributed by atoms with Crippen molar-refractivity contribution in [1.29, 1.82) is 0 Å². The zero-order chi connectivity index (χ0) is 17.7. The second-order valence-electron chi connectivity index (χ2n) is 7.13. The predicted molar refractivity (Wildman–Crippen MR) is 101 cm³/mol. The van der Waals surface area contributed by atoms with Gasteiger partial charge >= 0.3 is 0 Å². The molecular weight excluding hydrogens is 348 g/mol. The highest BCUT2D eigenvalue weighted by Gasteiger charge is 2.43. The summed E-state index contributed by atoms with van der Waals surface area (Å²) < 4.78 is 2.17. The Morgan fingerprint density at radius 2 is 1.88 bits per heavy atom. The standard InChI is InChI=1S/C20H19ClN4O/c21-15-6-4-14(5-7-15)20-18(24-8-2-1-3-19(24)22-20)12-23-10-16-9-17(11-23)25(16)13-26/h1-8,13,16-17H,9-12H2. The lowest BCUT2D eigenvalue weighted by atomic mass is 9.88. The van der Waals surface area contributed by atoms with Gasteiger partial charge in [-0.05, 0) is 30.7 Å². The molecule has 0 saturated carbocycles. The Morgan fingerprint density at radius 1 is 1.12 bits per heavy atom. The first-order valence-electron chi connectivity index (χ1n) is 8.90. The van der Waals surface area contributed by atoms with Gasteiger partial charge in [-0.2, -0.15) is 0 Å². The largest absolute Gasteiger partial charge is 0.337 e. The number of hydrogen-bond acceptors (Lipinski definition) is 3. The average molecular weight is 367 g/mol. The smallest absolute Gasteiger partial charge is 0.210 e. The molecule has 2 unspecified atom stereocenters. The van der Waals surface area contributed by atoms with E-state index in [0.717, 1.165) is 54.4 Å². The highest BCUT2D eigenvalue weighted by Crippen LogP contribution is 2.33. The first kappa shape index (κ1) is 15.9. The number of piperidine rings is 1. The number of pyridine rings is 1. The number of fused-ring (bicyclic) bond motifs is 3. The van der Waals surface area contributed by atoms with Crippen molar-refractivity contribution in [2.24, 2.45) is 0 Å². The van der Waals surface area contributed by atoms with Gasteiger partial charge < -0.3 is 9.30 Å². The number of imidazole rings is 1. The summed E-state index contributed by atoms with van der Waals surface area (Å²) in [4.78, 5) is 20.4. The number of benzene rings is 1. The fourth-order valence-electron chi connectivity index (χ4n) is 4.28. The van der Waals surface area contributed by atoms with E-state index < -0.39 is 0 Å². The van der Waals surface area contributed by atoms with Gasteiger partial charge in [0.15, 0.2) is 0 Å². The van der Waals surface area contributed by atoms with E-state index in [4.69, 9.17) is 16.6 Å². The highest BCUT2D eigenvalue weighted by molar-refractivity contribution is 6.30. The lowest BCUT2D eigenvalue weighted by molar-refractivity contribution is -0.139. The van der Waals surface area contributed by atoms with Gasteiger partial charge in [0.1, 0.15) is 5.65 Å². The van der Waals surface area contributed by atoms with E-state index >= 15 is 0 Å². The number of carbonyl (C=O) groups excluding carboxylic acids is 1. The Kier molecular flexibility index (Phi) is 3.72. The first-order chi connectivity index (χ1) is 12.7. The number of hydrogen-bond donors (Lipinski definition) is 0. The van der Waals surface area contributed by atoms with Gasteiger partial charge in [0.25, 0.3) is 0 Å². The Bertz CT molecular complexity index is 956. The van der Waals surface area contributed by atoms with Crippen molar-refractivity contribution in [2.45, 2.75) is 25.0 Å². The maximum atomic E-state index is 11.1. The Hall–Kier alpha value is -2.37. The van der Waals surface area contributed by atoms with Crippen LogP contribution in [0.25, 0.3) is 16.9 Å². The van der Waals surface area contributed by atoms with Crippen molar-refractivity contribution in [3.63, 3.8) is 0 Å². The summed E-state index contributed by atoms with van der Waals surface area (Å²) in [5.41, 5.74) is 4.20. The minimum absolute atomic E-state index is 0.365. The average Bonchev–Trinajstić information content (AvgIpc) is 3.01. The molecule has 3 aromatic rings. The van der Waals surface area contributed by atoms with Gasteiger partial charge in [0.05, 0.1) is 11.4 Å². The van der Waals surface area contributed by atoms with Crippen LogP contribution >= 0.6 is 11.6 Å². The number of halogens is 1. The summed E-state index contributed by atoms with van der Waals surface area (Å²) in [7, 11) is 0. The summed E-state index contributed by atoms with van der Waals surface area (Å²) >= 11 is 6.05. The van der Waals surface area contributed by atoms with Crippen LogP contribution in [0.2, 0.25) is 5.02 Å². The van der Waals surface area contributed by atoms with Crippen molar-refractivity contribution in [1.82, 2.24) is 19.2 Å². The van der Waals surface area contributed by atoms with Crippen molar-refractivity contribution in [3.8, 4) is 11.3 Å². The Morgan fingerprint density at radius 3 is 2.62 bits per heavy atom. The third-order valence-corrected chi connectivity index (χ3v) is 5.82. The fourth-order valence-corrected chi connectivity index (χ4v) is 4.40. The van der Waals surface area contributed by atoms with Crippen LogP contribution in [0.4, 0.5) is 0 Å². The molecule has 1 aromatic carbocycles. The predicted octanol–water partition coefficient (Wildman–Crippen LogP) is 3.07. The van der Waals surface area contributed by atoms with Crippen LogP contribution in [-0.2, 0) is 11.3 Å². The van der Waals surface area contributed by atoms with E-state index in [-0.39, 0.29) is 0 Å². The second kappa shape index (κ2) is 6.11. The van der Waals surface area contributed by atoms with E-state index in [1.54, 1.807) is 0 Å². The third kappa shape index (κ3) is 2.50. The minimum Gasteiger partial charge on any atom is -0.337 e. The molecule has 2 bridgehead atoms. The van der Waals surface area contributed by atoms with E-state index in [0.29, 0.717) is 12.1 Å². The van der Waals surface area contributed by atoms with Crippen LogP contribution in [-0.4, -0.2) is 50.8 Å². The molecule has 6 rings (SSSR count). The van der Waals surface area contributed by atoms with E-state index in [1.165, 1.54) is 5.69 Å². The molecular formula is C20H19ClN4O. The Labute approximate surface area is 156 Å². The summed E-state index contributed by atoms with van der Waals surface area (Å²) in [6.45, 7) is 2.67. The van der Waals surface area contributed by atoms with Gasteiger partial charge in [-0.1, -0.05) is 29.8 Å². The molecule has 3 fully saturated rings. The number of aromatic nitrogens is 2. The summed E-state index contributed by atoms with van der Waals surface area (Å²) in [6.07, 6.45) is 4.20. The normalized spacial score (nSPS) is 22.4. The van der Waals surface area contributed by atoms with Gasteiger partial charge in [-0.3, -0.25) is 9.69 Å². The monoisotopic (exact) mass is 366 g/mol. The van der Waals surface area contributed by atoms with Gasteiger partial charge in [-0.25, -0.2) is 4.98 Å². The quantitative estimate of drug-likeness (QED) is 0.666. The number of rotatable bonds is 4. The summed E-state index contributed by atoms with van der Waals surface area (Å²) in [5, 5.41) is 0.726. The topological polar surface area (TPSA) is 40.9 Å². The van der Waals surface area contributed by atoms with Gasteiger partial charge in [0.2, 0.25) is 6.41 Å². The molecule has 3 saturated heterocycles. The van der Waals surface area contributed by atoms with Crippen molar-refractivity contribution in [3.05, 3.63) is 59.4 Å². The maximum absolute atomic E-state index is 11.1. The lowest BCUT2D eigenvalue weighted by Gasteiger charge is -2.54. The molecule has 3 aliphatic heterocycles. The third-order valence-electron chi connectivity index (χ3n) is 5.57. The molecule has 2 aromatic heterocycles. The zero-order valence-electron chi connectivity index (χ0n) is 14.3. The molecule has 132 valence electrons. The molecule has 6 heteroatoms. The number of amides is 1. The molecule has 5 heterocycles. The summed E-state index contributed by atoms with van der Waals surface area (Å²) in [5.74, 6) is 0. The molecule has 5 nitrogen and oxygen atoms in total. The SMILES string of the molecule is O=CN1C2CC1CN(Cc1c(-c3ccc(Cl)cc3)nc3ccccn13)C2. The van der Waals surface area contributed by atoms with Crippen molar-refractivity contribution < 1.29 is 4.79 Å². The van der Waals surface area contributed by atoms with Crippen LogP contribution < -0.4 is 0 Å². The van der Waals surface area contributed by atoms with Gasteiger partial charge in [-0.15, -0.1) is 0 Å².